The Morgan fingerprint density at radius 2 is 1.91 bits per heavy atom. The summed E-state index contributed by atoms with van der Waals surface area (Å²) in [6.45, 7) is 1.06. The van der Waals surface area contributed by atoms with E-state index < -0.39 is 5.97 Å². The summed E-state index contributed by atoms with van der Waals surface area (Å²) in [7, 11) is 1.66. The van der Waals surface area contributed by atoms with E-state index in [1.165, 1.54) is 29.0 Å². The van der Waals surface area contributed by atoms with E-state index in [4.69, 9.17) is 24.3 Å². The number of nitrogens with zero attached hydrogens (tertiary/aromatic N) is 1. The third-order valence-corrected chi connectivity index (χ3v) is 8.02. The van der Waals surface area contributed by atoms with Crippen molar-refractivity contribution in [1.82, 2.24) is 4.98 Å². The van der Waals surface area contributed by atoms with E-state index in [1.54, 1.807) is 18.4 Å². The average Bonchev–Trinajstić information content (AvgIpc) is 3.47. The van der Waals surface area contributed by atoms with E-state index in [0.717, 1.165) is 59.7 Å². The number of benzene rings is 2. The van der Waals surface area contributed by atoms with Crippen molar-refractivity contribution in [1.29, 1.82) is 0 Å². The zero-order chi connectivity index (χ0) is 24.2. The number of hydrogen-bond donors (Lipinski definition) is 1. The molecule has 1 N–H and O–H groups in total. The van der Waals surface area contributed by atoms with Gasteiger partial charge in [0.05, 0.1) is 32.4 Å². The number of hydrogen-bond acceptors (Lipinski definition) is 6. The molecule has 1 heterocycles. The monoisotopic (exact) mass is 493 g/mol. The maximum absolute atomic E-state index is 11.1. The first-order chi connectivity index (χ1) is 17.1. The molecule has 7 heteroatoms. The van der Waals surface area contributed by atoms with Gasteiger partial charge in [0, 0.05) is 16.9 Å². The summed E-state index contributed by atoms with van der Waals surface area (Å²) < 4.78 is 17.5. The average molecular weight is 494 g/mol. The minimum atomic E-state index is -0.739. The summed E-state index contributed by atoms with van der Waals surface area (Å²) >= 11 is 1.80. The lowest BCUT2D eigenvalue weighted by atomic mass is 9.98. The van der Waals surface area contributed by atoms with Gasteiger partial charge >= 0.3 is 5.97 Å². The molecule has 0 unspecified atom stereocenters. The van der Waals surface area contributed by atoms with Crippen LogP contribution in [0.2, 0.25) is 0 Å². The summed E-state index contributed by atoms with van der Waals surface area (Å²) in [5.41, 5.74) is 4.69. The largest absolute Gasteiger partial charge is 0.493 e. The molecule has 0 spiro atoms. The zero-order valence-corrected chi connectivity index (χ0v) is 20.9. The standard InChI is InChI=1S/C28H31NO5S/c1-32-25-16-20(28-29-23-5-2-3-6-26(23)35-28)9-12-24(25)34-14-4-13-33-21-10-11-22-18(15-21)7-8-19(22)17-27(30)31/h9-12,15-16,19H,2-8,13-14,17H2,1H3,(H,30,31)/t19-/m0/s1. The highest BCUT2D eigenvalue weighted by molar-refractivity contribution is 7.15. The molecular weight excluding hydrogens is 462 g/mol. The molecule has 35 heavy (non-hydrogen) atoms. The summed E-state index contributed by atoms with van der Waals surface area (Å²) in [4.78, 5) is 17.3. The predicted molar refractivity (Wildman–Crippen MR) is 136 cm³/mol. The predicted octanol–water partition coefficient (Wildman–Crippen LogP) is 6.05. The summed E-state index contributed by atoms with van der Waals surface area (Å²) in [6, 6.07) is 12.0. The van der Waals surface area contributed by atoms with Crippen molar-refractivity contribution < 1.29 is 24.1 Å². The molecule has 0 fully saturated rings. The second-order valence-corrected chi connectivity index (χ2v) is 10.3. The molecular formula is C28H31NO5S. The van der Waals surface area contributed by atoms with Crippen molar-refractivity contribution in [2.45, 2.75) is 57.3 Å². The fourth-order valence-electron chi connectivity index (χ4n) is 5.02. The molecule has 2 aliphatic rings. The highest BCUT2D eigenvalue weighted by Gasteiger charge is 2.25. The van der Waals surface area contributed by atoms with Gasteiger partial charge in [-0.25, -0.2) is 4.98 Å². The number of fused-ring (bicyclic) bond motifs is 2. The van der Waals surface area contributed by atoms with Crippen LogP contribution < -0.4 is 14.2 Å². The Labute approximate surface area is 209 Å². The first-order valence-corrected chi connectivity index (χ1v) is 13.2. The van der Waals surface area contributed by atoms with Gasteiger partial charge in [-0.05, 0) is 85.9 Å². The Balaban J connectivity index is 1.12. The number of thiazole rings is 1. The van der Waals surface area contributed by atoms with Crippen molar-refractivity contribution in [3.05, 3.63) is 58.1 Å². The number of rotatable bonds is 10. The normalized spacial score (nSPS) is 16.4. The smallest absolute Gasteiger partial charge is 0.303 e. The third kappa shape index (κ3) is 5.45. The Kier molecular flexibility index (Phi) is 7.23. The van der Waals surface area contributed by atoms with E-state index in [2.05, 4.69) is 12.1 Å². The Morgan fingerprint density at radius 1 is 1.06 bits per heavy atom. The fraction of sp³-hybridized carbons (Fsp3) is 0.429. The quantitative estimate of drug-likeness (QED) is 0.347. The molecule has 3 aromatic rings. The number of aryl methyl sites for hydroxylation is 3. The van der Waals surface area contributed by atoms with Gasteiger partial charge in [-0.15, -0.1) is 11.3 Å². The molecule has 2 aliphatic carbocycles. The van der Waals surface area contributed by atoms with Crippen molar-refractivity contribution in [2.24, 2.45) is 0 Å². The first kappa shape index (κ1) is 23.7. The number of aromatic nitrogens is 1. The first-order valence-electron chi connectivity index (χ1n) is 12.4. The highest BCUT2D eigenvalue weighted by atomic mass is 32.1. The Hall–Kier alpha value is -3.06. The fourth-order valence-corrected chi connectivity index (χ4v) is 6.17. The third-order valence-electron chi connectivity index (χ3n) is 6.81. The Bertz CT molecular complexity index is 1180. The van der Waals surface area contributed by atoms with Crippen molar-refractivity contribution >= 4 is 17.3 Å². The topological polar surface area (TPSA) is 77.9 Å². The van der Waals surface area contributed by atoms with Gasteiger partial charge in [0.1, 0.15) is 10.8 Å². The van der Waals surface area contributed by atoms with Crippen LogP contribution >= 0.6 is 11.3 Å². The summed E-state index contributed by atoms with van der Waals surface area (Å²) in [5, 5.41) is 10.1. The number of carbonyl (C=O) groups is 1. The molecule has 0 bridgehead atoms. The minimum absolute atomic E-state index is 0.118. The summed E-state index contributed by atoms with van der Waals surface area (Å²) in [5.74, 6) is 1.64. The number of ether oxygens (including phenoxy) is 3. The molecule has 0 radical (unpaired) electrons. The molecule has 1 atom stereocenters. The second kappa shape index (κ2) is 10.7. The van der Waals surface area contributed by atoms with Gasteiger partial charge < -0.3 is 19.3 Å². The van der Waals surface area contributed by atoms with Crippen LogP contribution in [0.15, 0.2) is 36.4 Å². The number of carboxylic acids is 1. The molecule has 1 aromatic heterocycles. The molecule has 0 saturated heterocycles. The molecule has 6 nitrogen and oxygen atoms in total. The van der Waals surface area contributed by atoms with E-state index in [-0.39, 0.29) is 12.3 Å². The van der Waals surface area contributed by atoms with Gasteiger partial charge in [-0.2, -0.15) is 0 Å². The maximum Gasteiger partial charge on any atom is 0.303 e. The lowest BCUT2D eigenvalue weighted by Gasteiger charge is -2.13. The van der Waals surface area contributed by atoms with Crippen molar-refractivity contribution in [3.63, 3.8) is 0 Å². The van der Waals surface area contributed by atoms with Crippen LogP contribution in [0, 0.1) is 0 Å². The van der Waals surface area contributed by atoms with E-state index >= 15 is 0 Å². The van der Waals surface area contributed by atoms with Crippen LogP contribution in [0.4, 0.5) is 0 Å². The Morgan fingerprint density at radius 3 is 2.74 bits per heavy atom. The van der Waals surface area contributed by atoms with E-state index in [1.807, 2.05) is 24.3 Å². The zero-order valence-electron chi connectivity index (χ0n) is 20.0. The summed E-state index contributed by atoms with van der Waals surface area (Å²) in [6.07, 6.45) is 7.46. The van der Waals surface area contributed by atoms with E-state index in [0.29, 0.717) is 19.0 Å². The minimum Gasteiger partial charge on any atom is -0.493 e. The van der Waals surface area contributed by atoms with Gasteiger partial charge in [0.2, 0.25) is 0 Å². The van der Waals surface area contributed by atoms with Crippen molar-refractivity contribution in [3.8, 4) is 27.8 Å². The molecule has 0 aliphatic heterocycles. The van der Waals surface area contributed by atoms with Gasteiger partial charge in [-0.1, -0.05) is 6.07 Å². The van der Waals surface area contributed by atoms with Gasteiger partial charge in [0.25, 0.3) is 0 Å². The second-order valence-electron chi connectivity index (χ2n) is 9.21. The number of carboxylic acid groups (broad SMARTS) is 1. The van der Waals surface area contributed by atoms with Crippen LogP contribution in [0.25, 0.3) is 10.6 Å². The molecule has 0 amide bonds. The number of aliphatic carboxylic acids is 1. The molecule has 0 saturated carbocycles. The SMILES string of the molecule is COc1cc(-c2nc3c(s2)CCCC3)ccc1OCCCOc1ccc2c(c1)CC[C@H]2CC(=O)O. The highest BCUT2D eigenvalue weighted by Crippen LogP contribution is 2.38. The lowest BCUT2D eigenvalue weighted by Crippen LogP contribution is -2.06. The molecule has 5 rings (SSSR count). The van der Waals surface area contributed by atoms with E-state index in [9.17, 15) is 4.79 Å². The lowest BCUT2D eigenvalue weighted by molar-refractivity contribution is -0.137. The van der Waals surface area contributed by atoms with Crippen LogP contribution in [0.5, 0.6) is 17.2 Å². The van der Waals surface area contributed by atoms with Crippen molar-refractivity contribution in [2.75, 3.05) is 20.3 Å². The van der Waals surface area contributed by atoms with Crippen LogP contribution in [0.1, 0.15) is 59.7 Å². The molecule has 184 valence electrons. The van der Waals surface area contributed by atoms with Crippen LogP contribution in [-0.4, -0.2) is 36.4 Å². The van der Waals surface area contributed by atoms with Gasteiger partial charge in [-0.3, -0.25) is 4.79 Å². The van der Waals surface area contributed by atoms with Gasteiger partial charge in [0.15, 0.2) is 11.5 Å². The maximum atomic E-state index is 11.1. The number of methoxy groups -OCH3 is 1. The van der Waals surface area contributed by atoms with Crippen LogP contribution in [-0.2, 0) is 24.1 Å². The molecule has 2 aromatic carbocycles. The van der Waals surface area contributed by atoms with Crippen LogP contribution in [0.3, 0.4) is 0 Å².